The Morgan fingerprint density at radius 2 is 1.76 bits per heavy atom. The van der Waals surface area contributed by atoms with Crippen LogP contribution in [0.25, 0.3) is 0 Å². The molecular formula is C16H20N2O3. The highest BCUT2D eigenvalue weighted by molar-refractivity contribution is 5.83. The summed E-state index contributed by atoms with van der Waals surface area (Å²) in [5, 5.41) is 11.8. The van der Waals surface area contributed by atoms with Gasteiger partial charge in [-0.2, -0.15) is 0 Å². The first kappa shape index (κ1) is 16.5. The third-order valence-electron chi connectivity index (χ3n) is 2.86. The van der Waals surface area contributed by atoms with E-state index in [9.17, 15) is 14.7 Å². The molecule has 5 nitrogen and oxygen atoms in total. The van der Waals surface area contributed by atoms with Crippen molar-refractivity contribution in [2.24, 2.45) is 0 Å². The fraction of sp³-hybridized carbons (Fsp3) is 0.250. The maximum atomic E-state index is 12.1. The van der Waals surface area contributed by atoms with E-state index in [1.165, 1.54) is 4.90 Å². The summed E-state index contributed by atoms with van der Waals surface area (Å²) in [4.78, 5) is 24.8. The Bertz CT molecular complexity index is 490. The van der Waals surface area contributed by atoms with E-state index in [0.717, 1.165) is 5.56 Å². The molecule has 0 aliphatic heterocycles. The van der Waals surface area contributed by atoms with Crippen molar-refractivity contribution < 1.29 is 14.7 Å². The van der Waals surface area contributed by atoms with Gasteiger partial charge in [-0.15, -0.1) is 13.2 Å². The molecule has 0 aliphatic rings. The van der Waals surface area contributed by atoms with E-state index in [1.807, 2.05) is 30.3 Å². The monoisotopic (exact) mass is 288 g/mol. The Labute approximate surface area is 124 Å². The average molecular weight is 288 g/mol. The molecule has 1 rings (SSSR count). The first-order valence-electron chi connectivity index (χ1n) is 6.62. The summed E-state index contributed by atoms with van der Waals surface area (Å²) in [5.41, 5.74) is 0.851. The van der Waals surface area contributed by atoms with Gasteiger partial charge in [0.1, 0.15) is 6.04 Å². The number of aliphatic carboxylic acids is 1. The molecule has 2 amide bonds. The van der Waals surface area contributed by atoms with E-state index in [-0.39, 0.29) is 6.42 Å². The lowest BCUT2D eigenvalue weighted by molar-refractivity contribution is -0.139. The molecule has 1 aromatic rings. The first-order valence-corrected chi connectivity index (χ1v) is 6.62. The smallest absolute Gasteiger partial charge is 0.326 e. The van der Waals surface area contributed by atoms with Gasteiger partial charge >= 0.3 is 12.0 Å². The van der Waals surface area contributed by atoms with Crippen molar-refractivity contribution in [2.75, 3.05) is 13.1 Å². The van der Waals surface area contributed by atoms with Crippen molar-refractivity contribution in [3.63, 3.8) is 0 Å². The van der Waals surface area contributed by atoms with Gasteiger partial charge in [0.05, 0.1) is 0 Å². The van der Waals surface area contributed by atoms with Gasteiger partial charge in [0, 0.05) is 19.5 Å². The number of nitrogens with one attached hydrogen (secondary N) is 1. The summed E-state index contributed by atoms with van der Waals surface area (Å²) < 4.78 is 0. The van der Waals surface area contributed by atoms with Crippen LogP contribution < -0.4 is 5.32 Å². The van der Waals surface area contributed by atoms with Crippen LogP contribution in [-0.2, 0) is 11.2 Å². The van der Waals surface area contributed by atoms with Gasteiger partial charge in [0.2, 0.25) is 0 Å². The van der Waals surface area contributed by atoms with Crippen LogP contribution in [0.3, 0.4) is 0 Å². The fourth-order valence-electron chi connectivity index (χ4n) is 1.84. The van der Waals surface area contributed by atoms with Crippen molar-refractivity contribution in [1.82, 2.24) is 10.2 Å². The molecule has 0 saturated carbocycles. The maximum absolute atomic E-state index is 12.1. The lowest BCUT2D eigenvalue weighted by Gasteiger charge is -2.23. The molecule has 0 spiro atoms. The van der Waals surface area contributed by atoms with Crippen molar-refractivity contribution in [1.29, 1.82) is 0 Å². The summed E-state index contributed by atoms with van der Waals surface area (Å²) in [6.07, 6.45) is 3.39. The summed E-state index contributed by atoms with van der Waals surface area (Å²) in [7, 11) is 0. The number of carboxylic acids is 1. The zero-order chi connectivity index (χ0) is 15.7. The van der Waals surface area contributed by atoms with Crippen LogP contribution in [0.1, 0.15) is 5.56 Å². The molecular weight excluding hydrogens is 268 g/mol. The van der Waals surface area contributed by atoms with E-state index >= 15 is 0 Å². The van der Waals surface area contributed by atoms with E-state index in [4.69, 9.17) is 0 Å². The van der Waals surface area contributed by atoms with Crippen molar-refractivity contribution >= 4 is 12.0 Å². The highest BCUT2D eigenvalue weighted by Gasteiger charge is 2.22. The number of benzene rings is 1. The lowest BCUT2D eigenvalue weighted by atomic mass is 10.1. The van der Waals surface area contributed by atoms with Crippen LogP contribution in [0.15, 0.2) is 55.6 Å². The second-order valence-electron chi connectivity index (χ2n) is 4.51. The summed E-state index contributed by atoms with van der Waals surface area (Å²) in [6, 6.07) is 7.75. The van der Waals surface area contributed by atoms with Gasteiger partial charge in [0.25, 0.3) is 0 Å². The SMILES string of the molecule is C=CCN(CC=C)C(=O)NC(Cc1ccccc1)C(=O)O. The second-order valence-corrected chi connectivity index (χ2v) is 4.51. The topological polar surface area (TPSA) is 69.6 Å². The molecule has 2 N–H and O–H groups in total. The highest BCUT2D eigenvalue weighted by Crippen LogP contribution is 2.04. The zero-order valence-corrected chi connectivity index (χ0v) is 11.9. The van der Waals surface area contributed by atoms with Crippen LogP contribution in [0.5, 0.6) is 0 Å². The molecule has 1 atom stereocenters. The first-order chi connectivity index (χ1) is 10.1. The molecule has 0 heterocycles. The highest BCUT2D eigenvalue weighted by atomic mass is 16.4. The Balaban J connectivity index is 2.73. The number of rotatable bonds is 8. The van der Waals surface area contributed by atoms with E-state index in [1.54, 1.807) is 12.2 Å². The van der Waals surface area contributed by atoms with Gasteiger partial charge in [-0.05, 0) is 5.56 Å². The molecule has 0 bridgehead atoms. The van der Waals surface area contributed by atoms with E-state index in [0.29, 0.717) is 13.1 Å². The predicted molar refractivity (Wildman–Crippen MR) is 82.1 cm³/mol. The lowest BCUT2D eigenvalue weighted by Crippen LogP contribution is -2.49. The quantitative estimate of drug-likeness (QED) is 0.719. The van der Waals surface area contributed by atoms with Crippen LogP contribution in [0, 0.1) is 0 Å². The Kier molecular flexibility index (Phi) is 6.74. The van der Waals surface area contributed by atoms with E-state index < -0.39 is 18.0 Å². The van der Waals surface area contributed by atoms with E-state index in [2.05, 4.69) is 18.5 Å². The molecule has 5 heteroatoms. The van der Waals surface area contributed by atoms with Crippen LogP contribution >= 0.6 is 0 Å². The molecule has 0 aromatic heterocycles. The normalized spacial score (nSPS) is 11.2. The van der Waals surface area contributed by atoms with Crippen LogP contribution in [0.2, 0.25) is 0 Å². The molecule has 0 aliphatic carbocycles. The van der Waals surface area contributed by atoms with Gasteiger partial charge in [-0.1, -0.05) is 42.5 Å². The van der Waals surface area contributed by atoms with Gasteiger partial charge < -0.3 is 15.3 Å². The Morgan fingerprint density at radius 3 is 2.24 bits per heavy atom. The van der Waals surface area contributed by atoms with Crippen LogP contribution in [0.4, 0.5) is 4.79 Å². The minimum Gasteiger partial charge on any atom is -0.480 e. The second kappa shape index (κ2) is 8.58. The minimum absolute atomic E-state index is 0.234. The van der Waals surface area contributed by atoms with Crippen molar-refractivity contribution in [3.05, 3.63) is 61.2 Å². The molecule has 21 heavy (non-hydrogen) atoms. The Hall–Kier alpha value is -2.56. The van der Waals surface area contributed by atoms with Gasteiger partial charge in [-0.3, -0.25) is 0 Å². The molecule has 1 aromatic carbocycles. The number of nitrogens with zero attached hydrogens (tertiary/aromatic N) is 1. The summed E-state index contributed by atoms with van der Waals surface area (Å²) in [6.45, 7) is 7.81. The number of urea groups is 1. The number of carboxylic acid groups (broad SMARTS) is 1. The summed E-state index contributed by atoms with van der Waals surface area (Å²) in [5.74, 6) is -1.07. The number of carbonyl (C=O) groups excluding carboxylic acids is 1. The summed E-state index contributed by atoms with van der Waals surface area (Å²) >= 11 is 0. The van der Waals surface area contributed by atoms with Crippen LogP contribution in [-0.4, -0.2) is 41.1 Å². The number of hydrogen-bond donors (Lipinski definition) is 2. The third-order valence-corrected chi connectivity index (χ3v) is 2.86. The third kappa shape index (κ3) is 5.52. The number of hydrogen-bond acceptors (Lipinski definition) is 2. The molecule has 0 radical (unpaired) electrons. The molecule has 1 unspecified atom stereocenters. The molecule has 0 fully saturated rings. The van der Waals surface area contributed by atoms with Crippen molar-refractivity contribution in [2.45, 2.75) is 12.5 Å². The maximum Gasteiger partial charge on any atom is 0.326 e. The standard InChI is InChI=1S/C16H20N2O3/c1-3-10-18(11-4-2)16(21)17-14(15(19)20)12-13-8-6-5-7-9-13/h3-9,14H,1-2,10-12H2,(H,17,21)(H,19,20). The number of amides is 2. The zero-order valence-electron chi connectivity index (χ0n) is 11.9. The minimum atomic E-state index is -1.07. The average Bonchev–Trinajstić information content (AvgIpc) is 2.47. The molecule has 0 saturated heterocycles. The Morgan fingerprint density at radius 1 is 1.19 bits per heavy atom. The largest absolute Gasteiger partial charge is 0.480 e. The van der Waals surface area contributed by atoms with Crippen molar-refractivity contribution in [3.8, 4) is 0 Å². The number of carbonyl (C=O) groups is 2. The fourth-order valence-corrected chi connectivity index (χ4v) is 1.84. The molecule has 112 valence electrons. The predicted octanol–water partition coefficient (Wildman–Crippen LogP) is 2.07. The van der Waals surface area contributed by atoms with Gasteiger partial charge in [0.15, 0.2) is 0 Å². The van der Waals surface area contributed by atoms with Gasteiger partial charge in [-0.25, -0.2) is 9.59 Å².